The number of amides is 1. The predicted molar refractivity (Wildman–Crippen MR) is 61.1 cm³/mol. The van der Waals surface area contributed by atoms with E-state index in [1.54, 1.807) is 18.9 Å². The molecular weight excluding hydrogens is 238 g/mol. The number of carboxylic acid groups (broad SMARTS) is 1. The minimum atomic E-state index is -1.10. The van der Waals surface area contributed by atoms with E-state index in [0.717, 1.165) is 0 Å². The molecule has 8 heteroatoms. The molecule has 1 fully saturated rings. The van der Waals surface area contributed by atoms with Crippen LogP contribution in [-0.4, -0.2) is 63.1 Å². The van der Waals surface area contributed by atoms with E-state index in [1.807, 2.05) is 0 Å². The lowest BCUT2D eigenvalue weighted by molar-refractivity contribution is -0.138. The van der Waals surface area contributed by atoms with Crippen molar-refractivity contribution in [3.05, 3.63) is 11.9 Å². The second-order valence-corrected chi connectivity index (χ2v) is 4.30. The van der Waals surface area contributed by atoms with Crippen molar-refractivity contribution >= 4 is 11.9 Å². The molecular formula is C10H15N5O3. The second-order valence-electron chi connectivity index (χ2n) is 4.30. The van der Waals surface area contributed by atoms with Gasteiger partial charge in [-0.1, -0.05) is 5.21 Å². The normalized spacial score (nSPS) is 17.3. The van der Waals surface area contributed by atoms with Crippen LogP contribution in [0.1, 0.15) is 23.5 Å². The van der Waals surface area contributed by atoms with Crippen molar-refractivity contribution in [2.45, 2.75) is 19.0 Å². The summed E-state index contributed by atoms with van der Waals surface area (Å²) in [5.41, 5.74) is -0.0802. The SMILES string of the molecule is CNC(C)C(=O)N1CC(n2cc(C(=O)O)nn2)C1. The highest BCUT2D eigenvalue weighted by molar-refractivity contribution is 5.84. The van der Waals surface area contributed by atoms with Crippen LogP contribution in [0, 0.1) is 0 Å². The zero-order valence-corrected chi connectivity index (χ0v) is 10.2. The zero-order chi connectivity index (χ0) is 13.3. The molecule has 1 unspecified atom stereocenters. The molecule has 1 atom stereocenters. The maximum atomic E-state index is 11.8. The average Bonchev–Trinajstić information content (AvgIpc) is 2.75. The van der Waals surface area contributed by atoms with E-state index in [2.05, 4.69) is 15.6 Å². The van der Waals surface area contributed by atoms with E-state index >= 15 is 0 Å². The van der Waals surface area contributed by atoms with Gasteiger partial charge in [0.15, 0.2) is 5.69 Å². The molecule has 1 saturated heterocycles. The van der Waals surface area contributed by atoms with E-state index < -0.39 is 5.97 Å². The number of rotatable bonds is 4. The van der Waals surface area contributed by atoms with Gasteiger partial charge in [-0.2, -0.15) is 0 Å². The number of likely N-dealkylation sites (N-methyl/N-ethyl adjacent to an activating group) is 1. The Kier molecular flexibility index (Phi) is 3.28. The van der Waals surface area contributed by atoms with Gasteiger partial charge in [0.25, 0.3) is 0 Å². The molecule has 0 spiro atoms. The van der Waals surface area contributed by atoms with E-state index in [9.17, 15) is 9.59 Å². The fraction of sp³-hybridized carbons (Fsp3) is 0.600. The summed E-state index contributed by atoms with van der Waals surface area (Å²) in [6, 6.07) is -0.199. The number of hydrogen-bond acceptors (Lipinski definition) is 5. The highest BCUT2D eigenvalue weighted by Gasteiger charge is 2.34. The summed E-state index contributed by atoms with van der Waals surface area (Å²) < 4.78 is 1.50. The van der Waals surface area contributed by atoms with Gasteiger partial charge >= 0.3 is 5.97 Å². The predicted octanol–water partition coefficient (Wildman–Crippen LogP) is -1.03. The van der Waals surface area contributed by atoms with Crippen LogP contribution in [0.2, 0.25) is 0 Å². The number of likely N-dealkylation sites (tertiary alicyclic amines) is 1. The van der Waals surface area contributed by atoms with Gasteiger partial charge in [0.2, 0.25) is 5.91 Å². The molecule has 0 saturated carbocycles. The van der Waals surface area contributed by atoms with Crippen LogP contribution < -0.4 is 5.32 Å². The lowest BCUT2D eigenvalue weighted by Crippen LogP contribution is -2.55. The van der Waals surface area contributed by atoms with E-state index in [0.29, 0.717) is 13.1 Å². The number of nitrogens with one attached hydrogen (secondary N) is 1. The van der Waals surface area contributed by atoms with Crippen LogP contribution in [0.25, 0.3) is 0 Å². The van der Waals surface area contributed by atoms with Crippen molar-refractivity contribution in [3.8, 4) is 0 Å². The van der Waals surface area contributed by atoms with E-state index in [1.165, 1.54) is 10.9 Å². The number of aromatic carboxylic acids is 1. The average molecular weight is 253 g/mol. The van der Waals surface area contributed by atoms with Gasteiger partial charge < -0.3 is 15.3 Å². The van der Waals surface area contributed by atoms with Crippen molar-refractivity contribution in [2.24, 2.45) is 0 Å². The molecule has 98 valence electrons. The molecule has 0 aromatic carbocycles. The van der Waals surface area contributed by atoms with Gasteiger partial charge in [-0.25, -0.2) is 9.48 Å². The molecule has 2 rings (SSSR count). The fourth-order valence-electron chi connectivity index (χ4n) is 1.75. The minimum Gasteiger partial charge on any atom is -0.476 e. The fourth-order valence-corrected chi connectivity index (χ4v) is 1.75. The lowest BCUT2D eigenvalue weighted by atomic mass is 10.1. The summed E-state index contributed by atoms with van der Waals surface area (Å²) in [7, 11) is 1.73. The van der Waals surface area contributed by atoms with Crippen molar-refractivity contribution in [1.29, 1.82) is 0 Å². The number of carbonyl (C=O) groups excluding carboxylic acids is 1. The van der Waals surface area contributed by atoms with Crippen LogP contribution >= 0.6 is 0 Å². The summed E-state index contributed by atoms with van der Waals surface area (Å²) in [6.07, 6.45) is 1.39. The first-order chi connectivity index (χ1) is 8.52. The van der Waals surface area contributed by atoms with Gasteiger partial charge in [0.05, 0.1) is 18.3 Å². The summed E-state index contributed by atoms with van der Waals surface area (Å²) in [6.45, 7) is 2.87. The molecule has 1 aromatic heterocycles. The highest BCUT2D eigenvalue weighted by atomic mass is 16.4. The van der Waals surface area contributed by atoms with Crippen molar-refractivity contribution in [2.75, 3.05) is 20.1 Å². The van der Waals surface area contributed by atoms with Crippen molar-refractivity contribution < 1.29 is 14.7 Å². The van der Waals surface area contributed by atoms with Crippen molar-refractivity contribution in [1.82, 2.24) is 25.2 Å². The zero-order valence-electron chi connectivity index (χ0n) is 10.2. The van der Waals surface area contributed by atoms with Gasteiger partial charge in [-0.15, -0.1) is 5.10 Å². The molecule has 1 amide bonds. The molecule has 2 N–H and O–H groups in total. The summed E-state index contributed by atoms with van der Waals surface area (Å²) in [5, 5.41) is 18.9. The second kappa shape index (κ2) is 4.73. The van der Waals surface area contributed by atoms with Crippen LogP contribution in [0.3, 0.4) is 0 Å². The summed E-state index contributed by atoms with van der Waals surface area (Å²) in [5.74, 6) is -1.07. The maximum absolute atomic E-state index is 11.8. The molecule has 8 nitrogen and oxygen atoms in total. The third kappa shape index (κ3) is 2.19. The molecule has 1 aromatic rings. The largest absolute Gasteiger partial charge is 0.476 e. The molecule has 1 aliphatic heterocycles. The van der Waals surface area contributed by atoms with Crippen LogP contribution in [0.4, 0.5) is 0 Å². The van der Waals surface area contributed by atoms with Gasteiger partial charge in [0.1, 0.15) is 0 Å². The van der Waals surface area contributed by atoms with Crippen molar-refractivity contribution in [3.63, 3.8) is 0 Å². The maximum Gasteiger partial charge on any atom is 0.358 e. The summed E-state index contributed by atoms with van der Waals surface area (Å²) in [4.78, 5) is 24.1. The van der Waals surface area contributed by atoms with E-state index in [4.69, 9.17) is 5.11 Å². The Morgan fingerprint density at radius 3 is 2.72 bits per heavy atom. The summed E-state index contributed by atoms with van der Waals surface area (Å²) >= 11 is 0. The van der Waals surface area contributed by atoms with Gasteiger partial charge in [-0.05, 0) is 14.0 Å². The van der Waals surface area contributed by atoms with E-state index in [-0.39, 0.29) is 23.7 Å². The standard InChI is InChI=1S/C10H15N5O3/c1-6(11-2)9(16)14-3-7(4-14)15-5-8(10(17)18)12-13-15/h5-7,11H,3-4H2,1-2H3,(H,17,18). The quantitative estimate of drug-likeness (QED) is 0.711. The Balaban J connectivity index is 1.92. The first-order valence-electron chi connectivity index (χ1n) is 5.64. The Bertz CT molecular complexity index is 466. The molecule has 18 heavy (non-hydrogen) atoms. The number of aromatic nitrogens is 3. The molecule has 2 heterocycles. The third-order valence-electron chi connectivity index (χ3n) is 3.08. The first-order valence-corrected chi connectivity index (χ1v) is 5.64. The molecule has 0 radical (unpaired) electrons. The molecule has 1 aliphatic rings. The number of nitrogens with zero attached hydrogens (tertiary/aromatic N) is 4. The number of carbonyl (C=O) groups is 2. The molecule has 0 aliphatic carbocycles. The molecule has 0 bridgehead atoms. The Morgan fingerprint density at radius 1 is 1.56 bits per heavy atom. The Hall–Kier alpha value is -1.96. The minimum absolute atomic E-state index is 0.0126. The third-order valence-corrected chi connectivity index (χ3v) is 3.08. The smallest absolute Gasteiger partial charge is 0.358 e. The monoisotopic (exact) mass is 253 g/mol. The lowest BCUT2D eigenvalue weighted by Gasteiger charge is -2.40. The Labute approximate surface area is 104 Å². The van der Waals surface area contributed by atoms with Crippen LogP contribution in [0.5, 0.6) is 0 Å². The van der Waals surface area contributed by atoms with Crippen LogP contribution in [-0.2, 0) is 4.79 Å². The van der Waals surface area contributed by atoms with Gasteiger partial charge in [0, 0.05) is 13.1 Å². The first kappa shape index (κ1) is 12.5. The Morgan fingerprint density at radius 2 is 2.22 bits per heavy atom. The van der Waals surface area contributed by atoms with Gasteiger partial charge in [-0.3, -0.25) is 4.79 Å². The highest BCUT2D eigenvalue weighted by Crippen LogP contribution is 2.20. The number of hydrogen-bond donors (Lipinski definition) is 2. The number of carboxylic acids is 1. The topological polar surface area (TPSA) is 100 Å². The van der Waals surface area contributed by atoms with Crippen LogP contribution in [0.15, 0.2) is 6.20 Å².